The minimum absolute atomic E-state index is 0.955. The van der Waals surface area contributed by atoms with Gasteiger partial charge in [0.15, 0.2) is 0 Å². The SMILES string of the molecule is CCCCCCCCCCCCCCCCC(C)CCCC(C)CCCCCCCCCCCCC. The van der Waals surface area contributed by atoms with E-state index in [1.807, 2.05) is 0 Å². The van der Waals surface area contributed by atoms with Gasteiger partial charge in [-0.2, -0.15) is 0 Å². The van der Waals surface area contributed by atoms with Crippen LogP contribution in [0.1, 0.15) is 220 Å². The predicted molar refractivity (Wildman–Crippen MR) is 168 cm³/mol. The van der Waals surface area contributed by atoms with E-state index in [4.69, 9.17) is 0 Å². The normalized spacial score (nSPS) is 13.3. The monoisotopic (exact) mass is 507 g/mol. The topological polar surface area (TPSA) is 0 Å². The molecule has 0 aromatic heterocycles. The summed E-state index contributed by atoms with van der Waals surface area (Å²) in [5.74, 6) is 1.91. The average molecular weight is 507 g/mol. The fraction of sp³-hybridized carbons (Fsp3) is 1.00. The summed E-state index contributed by atoms with van der Waals surface area (Å²) in [5, 5.41) is 0. The fourth-order valence-electron chi connectivity index (χ4n) is 5.95. The Labute approximate surface area is 232 Å². The molecule has 0 aliphatic carbocycles. The zero-order valence-electron chi connectivity index (χ0n) is 26.4. The van der Waals surface area contributed by atoms with E-state index in [1.165, 1.54) is 193 Å². The van der Waals surface area contributed by atoms with Gasteiger partial charge in [0.2, 0.25) is 0 Å². The zero-order chi connectivity index (χ0) is 26.4. The molecular weight excluding hydrogens is 432 g/mol. The molecular formula is C36H74. The molecule has 0 amide bonds. The summed E-state index contributed by atoms with van der Waals surface area (Å²) >= 11 is 0. The van der Waals surface area contributed by atoms with Crippen molar-refractivity contribution in [3.05, 3.63) is 0 Å². The largest absolute Gasteiger partial charge is 0.0654 e. The van der Waals surface area contributed by atoms with E-state index in [2.05, 4.69) is 27.7 Å². The van der Waals surface area contributed by atoms with Gasteiger partial charge in [-0.05, 0) is 11.8 Å². The Hall–Kier alpha value is 0. The van der Waals surface area contributed by atoms with E-state index in [1.54, 1.807) is 0 Å². The van der Waals surface area contributed by atoms with Crippen molar-refractivity contribution in [2.24, 2.45) is 11.8 Å². The third kappa shape index (κ3) is 30.2. The molecule has 0 N–H and O–H groups in total. The molecule has 218 valence electrons. The lowest BCUT2D eigenvalue weighted by molar-refractivity contribution is 0.390. The lowest BCUT2D eigenvalue weighted by atomic mass is 9.92. The Morgan fingerprint density at radius 1 is 0.250 bits per heavy atom. The van der Waals surface area contributed by atoms with Crippen molar-refractivity contribution in [1.82, 2.24) is 0 Å². The van der Waals surface area contributed by atoms with E-state index in [0.717, 1.165) is 11.8 Å². The van der Waals surface area contributed by atoms with Gasteiger partial charge in [0.05, 0.1) is 0 Å². The van der Waals surface area contributed by atoms with Gasteiger partial charge in [0.1, 0.15) is 0 Å². The highest BCUT2D eigenvalue weighted by atomic mass is 14.1. The fourth-order valence-corrected chi connectivity index (χ4v) is 5.95. The Morgan fingerprint density at radius 3 is 0.694 bits per heavy atom. The smallest absolute Gasteiger partial charge is 0.0443 e. The summed E-state index contributed by atoms with van der Waals surface area (Å²) in [4.78, 5) is 0. The summed E-state index contributed by atoms with van der Waals surface area (Å²) in [6.07, 6.45) is 44.1. The molecule has 0 nitrogen and oxygen atoms in total. The van der Waals surface area contributed by atoms with Gasteiger partial charge in [-0.3, -0.25) is 0 Å². The van der Waals surface area contributed by atoms with Crippen LogP contribution in [-0.4, -0.2) is 0 Å². The Balaban J connectivity index is 3.26. The maximum Gasteiger partial charge on any atom is -0.0443 e. The third-order valence-electron chi connectivity index (χ3n) is 8.74. The average Bonchev–Trinajstić information content (AvgIpc) is 2.87. The van der Waals surface area contributed by atoms with Crippen LogP contribution in [0.15, 0.2) is 0 Å². The molecule has 0 aromatic carbocycles. The third-order valence-corrected chi connectivity index (χ3v) is 8.74. The van der Waals surface area contributed by atoms with Gasteiger partial charge >= 0.3 is 0 Å². The molecule has 36 heavy (non-hydrogen) atoms. The van der Waals surface area contributed by atoms with Gasteiger partial charge in [-0.25, -0.2) is 0 Å². The second-order valence-corrected chi connectivity index (χ2v) is 12.9. The molecule has 0 aromatic rings. The lowest BCUT2D eigenvalue weighted by Crippen LogP contribution is -1.99. The first-order valence-electron chi connectivity index (χ1n) is 17.7. The maximum absolute atomic E-state index is 2.51. The van der Waals surface area contributed by atoms with Crippen LogP contribution in [0.2, 0.25) is 0 Å². The van der Waals surface area contributed by atoms with Crippen molar-refractivity contribution in [2.75, 3.05) is 0 Å². The minimum Gasteiger partial charge on any atom is -0.0654 e. The number of hydrogen-bond donors (Lipinski definition) is 0. The first-order valence-corrected chi connectivity index (χ1v) is 17.7. The van der Waals surface area contributed by atoms with E-state index in [0.29, 0.717) is 0 Å². The number of hydrogen-bond acceptors (Lipinski definition) is 0. The lowest BCUT2D eigenvalue weighted by Gasteiger charge is -2.14. The van der Waals surface area contributed by atoms with E-state index < -0.39 is 0 Å². The predicted octanol–water partition coefficient (Wildman–Crippen LogP) is 14.0. The maximum atomic E-state index is 2.51. The molecule has 0 radical (unpaired) electrons. The molecule has 0 heterocycles. The van der Waals surface area contributed by atoms with Crippen LogP contribution >= 0.6 is 0 Å². The minimum atomic E-state index is 0.955. The van der Waals surface area contributed by atoms with Crippen molar-refractivity contribution >= 4 is 0 Å². The van der Waals surface area contributed by atoms with Crippen molar-refractivity contribution in [3.63, 3.8) is 0 Å². The van der Waals surface area contributed by atoms with Crippen LogP contribution in [0, 0.1) is 11.8 Å². The van der Waals surface area contributed by atoms with Gasteiger partial charge in [-0.15, -0.1) is 0 Å². The van der Waals surface area contributed by atoms with Crippen LogP contribution < -0.4 is 0 Å². The van der Waals surface area contributed by atoms with E-state index >= 15 is 0 Å². The first-order chi connectivity index (χ1) is 17.7. The Kier molecular flexibility index (Phi) is 31.2. The first kappa shape index (κ1) is 36.0. The van der Waals surface area contributed by atoms with Crippen LogP contribution in [0.5, 0.6) is 0 Å². The standard InChI is InChI=1S/C36H74/c1-5-7-9-11-13-15-17-18-19-21-23-25-27-29-32-36(4)34-30-33-35(3)31-28-26-24-22-20-16-14-12-10-8-6-2/h35-36H,5-34H2,1-4H3. The Morgan fingerprint density at radius 2 is 0.444 bits per heavy atom. The Bertz CT molecular complexity index is 372. The van der Waals surface area contributed by atoms with Crippen molar-refractivity contribution in [2.45, 2.75) is 220 Å². The van der Waals surface area contributed by atoms with E-state index in [-0.39, 0.29) is 0 Å². The highest BCUT2D eigenvalue weighted by molar-refractivity contribution is 4.59. The van der Waals surface area contributed by atoms with Crippen molar-refractivity contribution in [3.8, 4) is 0 Å². The summed E-state index contributed by atoms with van der Waals surface area (Å²) in [5.41, 5.74) is 0. The second kappa shape index (κ2) is 31.2. The molecule has 0 aliphatic rings. The molecule has 0 spiro atoms. The number of unbranched alkanes of at least 4 members (excludes halogenated alkanes) is 23. The van der Waals surface area contributed by atoms with Crippen molar-refractivity contribution in [1.29, 1.82) is 0 Å². The van der Waals surface area contributed by atoms with E-state index in [9.17, 15) is 0 Å². The molecule has 0 heteroatoms. The molecule has 0 saturated heterocycles. The van der Waals surface area contributed by atoms with Crippen LogP contribution in [0.4, 0.5) is 0 Å². The van der Waals surface area contributed by atoms with Gasteiger partial charge < -0.3 is 0 Å². The highest BCUT2D eigenvalue weighted by Gasteiger charge is 2.06. The molecule has 0 fully saturated rings. The quantitative estimate of drug-likeness (QED) is 0.0820. The number of rotatable bonds is 31. The summed E-state index contributed by atoms with van der Waals surface area (Å²) in [6.45, 7) is 9.64. The van der Waals surface area contributed by atoms with Gasteiger partial charge in [0.25, 0.3) is 0 Å². The summed E-state index contributed by atoms with van der Waals surface area (Å²) in [6, 6.07) is 0. The molecule has 0 aliphatic heterocycles. The van der Waals surface area contributed by atoms with Gasteiger partial charge in [0, 0.05) is 0 Å². The molecule has 0 bridgehead atoms. The summed E-state index contributed by atoms with van der Waals surface area (Å²) < 4.78 is 0. The van der Waals surface area contributed by atoms with Crippen LogP contribution in [0.3, 0.4) is 0 Å². The molecule has 0 rings (SSSR count). The second-order valence-electron chi connectivity index (χ2n) is 12.9. The van der Waals surface area contributed by atoms with Crippen LogP contribution in [-0.2, 0) is 0 Å². The van der Waals surface area contributed by atoms with Crippen LogP contribution in [0.25, 0.3) is 0 Å². The zero-order valence-corrected chi connectivity index (χ0v) is 26.4. The molecule has 2 unspecified atom stereocenters. The van der Waals surface area contributed by atoms with Crippen molar-refractivity contribution < 1.29 is 0 Å². The molecule has 2 atom stereocenters. The van der Waals surface area contributed by atoms with Gasteiger partial charge in [-0.1, -0.05) is 220 Å². The summed E-state index contributed by atoms with van der Waals surface area (Å²) in [7, 11) is 0. The molecule has 0 saturated carbocycles. The highest BCUT2D eigenvalue weighted by Crippen LogP contribution is 2.22.